The number of hydrogen-bond donors (Lipinski definition) is 0. The molecule has 0 saturated carbocycles. The Bertz CT molecular complexity index is 1000. The summed E-state index contributed by atoms with van der Waals surface area (Å²) < 4.78 is 11.2. The van der Waals surface area contributed by atoms with Crippen molar-refractivity contribution < 1.29 is 13.9 Å². The average molecular weight is 469 g/mol. The smallest absolute Gasteiger partial charge is 0.257 e. The molecule has 1 aliphatic rings. The summed E-state index contributed by atoms with van der Waals surface area (Å²) in [5.74, 6) is 1.94. The number of aromatic nitrogens is 2. The molecule has 1 aliphatic heterocycles. The van der Waals surface area contributed by atoms with Crippen LogP contribution in [0.25, 0.3) is 10.8 Å². The lowest BCUT2D eigenvalue weighted by molar-refractivity contribution is -0.134. The van der Waals surface area contributed by atoms with Crippen LogP contribution in [0.15, 0.2) is 46.2 Å². The lowest BCUT2D eigenvalue weighted by Gasteiger charge is -2.32. The first kappa shape index (κ1) is 23.4. The van der Waals surface area contributed by atoms with Gasteiger partial charge in [0.1, 0.15) is 5.75 Å². The SMILES string of the molecule is CCCN(Cc1nnc(-c2cccs2)o1)C(=O)CN1CCCCCC1c1ccc(OC)cc1. The van der Waals surface area contributed by atoms with Gasteiger partial charge in [0.05, 0.1) is 25.1 Å². The molecular weight excluding hydrogens is 436 g/mol. The molecule has 1 atom stereocenters. The van der Waals surface area contributed by atoms with Crippen LogP contribution in [0.2, 0.25) is 0 Å². The second kappa shape index (κ2) is 11.4. The third-order valence-corrected chi connectivity index (χ3v) is 6.93. The van der Waals surface area contributed by atoms with E-state index in [0.717, 1.165) is 36.4 Å². The van der Waals surface area contributed by atoms with Crippen LogP contribution in [0.3, 0.4) is 0 Å². The van der Waals surface area contributed by atoms with Crippen molar-refractivity contribution in [3.8, 4) is 16.5 Å². The third kappa shape index (κ3) is 6.00. The highest BCUT2D eigenvalue weighted by Gasteiger charge is 2.27. The maximum atomic E-state index is 13.4. The van der Waals surface area contributed by atoms with Crippen LogP contribution in [0.4, 0.5) is 0 Å². The first-order valence-electron chi connectivity index (χ1n) is 11.7. The fraction of sp³-hybridized carbons (Fsp3) is 0.480. The van der Waals surface area contributed by atoms with Gasteiger partial charge in [-0.1, -0.05) is 38.0 Å². The van der Waals surface area contributed by atoms with Gasteiger partial charge in [0.15, 0.2) is 0 Å². The van der Waals surface area contributed by atoms with Crippen molar-refractivity contribution in [2.24, 2.45) is 0 Å². The van der Waals surface area contributed by atoms with E-state index >= 15 is 0 Å². The van der Waals surface area contributed by atoms with Gasteiger partial charge in [0.25, 0.3) is 5.89 Å². The molecule has 0 radical (unpaired) electrons. The van der Waals surface area contributed by atoms with E-state index in [-0.39, 0.29) is 11.9 Å². The maximum absolute atomic E-state index is 13.4. The summed E-state index contributed by atoms with van der Waals surface area (Å²) in [7, 11) is 1.68. The molecule has 1 amide bonds. The fourth-order valence-electron chi connectivity index (χ4n) is 4.38. The number of carbonyl (C=O) groups is 1. The average Bonchev–Trinajstić information content (AvgIpc) is 3.48. The van der Waals surface area contributed by atoms with Crippen molar-refractivity contribution in [2.75, 3.05) is 26.7 Å². The van der Waals surface area contributed by atoms with Crippen molar-refractivity contribution in [3.63, 3.8) is 0 Å². The van der Waals surface area contributed by atoms with Gasteiger partial charge in [-0.05, 0) is 54.9 Å². The quantitative estimate of drug-likeness (QED) is 0.432. The first-order chi connectivity index (χ1) is 16.2. The van der Waals surface area contributed by atoms with Gasteiger partial charge >= 0.3 is 0 Å². The van der Waals surface area contributed by atoms with E-state index in [1.165, 1.54) is 18.4 Å². The predicted molar refractivity (Wildman–Crippen MR) is 129 cm³/mol. The third-order valence-electron chi connectivity index (χ3n) is 6.07. The van der Waals surface area contributed by atoms with E-state index in [2.05, 4.69) is 34.2 Å². The molecule has 1 saturated heterocycles. The van der Waals surface area contributed by atoms with Gasteiger partial charge in [-0.2, -0.15) is 0 Å². The van der Waals surface area contributed by atoms with Crippen molar-refractivity contribution in [2.45, 2.75) is 51.6 Å². The molecular formula is C25H32N4O3S. The fourth-order valence-corrected chi connectivity index (χ4v) is 5.02. The van der Waals surface area contributed by atoms with Crippen LogP contribution in [-0.4, -0.2) is 52.6 Å². The maximum Gasteiger partial charge on any atom is 0.257 e. The van der Waals surface area contributed by atoms with Crippen molar-refractivity contribution in [1.82, 2.24) is 20.0 Å². The molecule has 1 fully saturated rings. The first-order valence-corrected chi connectivity index (χ1v) is 12.6. The number of thiophene rings is 1. The van der Waals surface area contributed by atoms with Gasteiger partial charge in [-0.15, -0.1) is 21.5 Å². The molecule has 1 aromatic carbocycles. The van der Waals surface area contributed by atoms with Gasteiger partial charge in [0, 0.05) is 12.6 Å². The largest absolute Gasteiger partial charge is 0.497 e. The van der Waals surface area contributed by atoms with Crippen LogP contribution in [0, 0.1) is 0 Å². The second-order valence-corrected chi connectivity index (χ2v) is 9.35. The Labute approximate surface area is 199 Å². The molecule has 3 aromatic rings. The van der Waals surface area contributed by atoms with Crippen LogP contribution in [0.5, 0.6) is 5.75 Å². The summed E-state index contributed by atoms with van der Waals surface area (Å²) in [5.41, 5.74) is 1.24. The van der Waals surface area contributed by atoms with Crippen molar-refractivity contribution in [3.05, 3.63) is 53.2 Å². The number of rotatable bonds is 9. The summed E-state index contributed by atoms with van der Waals surface area (Å²) in [6, 6.07) is 12.4. The Kier molecular flexibility index (Phi) is 8.12. The lowest BCUT2D eigenvalue weighted by Crippen LogP contribution is -2.42. The predicted octanol–water partition coefficient (Wildman–Crippen LogP) is 5.16. The normalized spacial score (nSPS) is 17.0. The Morgan fingerprint density at radius 3 is 2.79 bits per heavy atom. The molecule has 1 unspecified atom stereocenters. The Balaban J connectivity index is 1.46. The minimum atomic E-state index is 0.105. The summed E-state index contributed by atoms with van der Waals surface area (Å²) in [6.07, 6.45) is 5.42. The number of nitrogens with zero attached hydrogens (tertiary/aromatic N) is 4. The summed E-state index contributed by atoms with van der Waals surface area (Å²) >= 11 is 1.56. The highest BCUT2D eigenvalue weighted by molar-refractivity contribution is 7.13. The topological polar surface area (TPSA) is 71.7 Å². The highest BCUT2D eigenvalue weighted by Crippen LogP contribution is 2.31. The number of ether oxygens (including phenoxy) is 1. The summed E-state index contributed by atoms with van der Waals surface area (Å²) in [5, 5.41) is 10.3. The molecule has 4 rings (SSSR count). The number of amides is 1. The minimum Gasteiger partial charge on any atom is -0.497 e. The Morgan fingerprint density at radius 2 is 2.06 bits per heavy atom. The van der Waals surface area contributed by atoms with Crippen molar-refractivity contribution in [1.29, 1.82) is 0 Å². The summed E-state index contributed by atoms with van der Waals surface area (Å²) in [6.45, 7) is 4.40. The molecule has 33 heavy (non-hydrogen) atoms. The lowest BCUT2D eigenvalue weighted by atomic mass is 10.0. The zero-order chi connectivity index (χ0) is 23.0. The number of hydrogen-bond acceptors (Lipinski definition) is 7. The Hall–Kier alpha value is -2.71. The number of likely N-dealkylation sites (tertiary alicyclic amines) is 1. The zero-order valence-electron chi connectivity index (χ0n) is 19.4. The van der Waals surface area contributed by atoms with E-state index < -0.39 is 0 Å². The van der Waals surface area contributed by atoms with Crippen LogP contribution in [-0.2, 0) is 11.3 Å². The van der Waals surface area contributed by atoms with E-state index in [4.69, 9.17) is 9.15 Å². The molecule has 176 valence electrons. The highest BCUT2D eigenvalue weighted by atomic mass is 32.1. The van der Waals surface area contributed by atoms with Crippen LogP contribution in [0.1, 0.15) is 56.5 Å². The van der Waals surface area contributed by atoms with Gasteiger partial charge in [-0.25, -0.2) is 0 Å². The molecule has 0 bridgehead atoms. The molecule has 0 N–H and O–H groups in total. The van der Waals surface area contributed by atoms with Crippen LogP contribution < -0.4 is 4.74 Å². The number of methoxy groups -OCH3 is 1. The van der Waals surface area contributed by atoms with Gasteiger partial charge < -0.3 is 14.1 Å². The molecule has 7 nitrogen and oxygen atoms in total. The van der Waals surface area contributed by atoms with Crippen LogP contribution >= 0.6 is 11.3 Å². The summed E-state index contributed by atoms with van der Waals surface area (Å²) in [4.78, 5) is 18.5. The van der Waals surface area contributed by atoms with E-state index in [1.807, 2.05) is 34.5 Å². The zero-order valence-corrected chi connectivity index (χ0v) is 20.2. The standard InChI is InChI=1S/C25H32N4O3S/c1-3-14-29(17-23-26-27-25(32-23)22-9-7-16-33-22)24(30)18-28-15-6-4-5-8-21(28)19-10-12-20(31-2)13-11-19/h7,9-13,16,21H,3-6,8,14-15,17-18H2,1-2H3. The van der Waals surface area contributed by atoms with E-state index in [1.54, 1.807) is 18.4 Å². The minimum absolute atomic E-state index is 0.105. The van der Waals surface area contributed by atoms with E-state index in [9.17, 15) is 4.79 Å². The van der Waals surface area contributed by atoms with Gasteiger partial charge in [0.2, 0.25) is 11.8 Å². The molecule has 8 heteroatoms. The second-order valence-electron chi connectivity index (χ2n) is 8.40. The molecule has 0 aliphatic carbocycles. The van der Waals surface area contributed by atoms with Crippen molar-refractivity contribution >= 4 is 17.2 Å². The number of benzene rings is 1. The molecule has 3 heterocycles. The molecule has 0 spiro atoms. The van der Waals surface area contributed by atoms with Gasteiger partial charge in [-0.3, -0.25) is 9.69 Å². The van der Waals surface area contributed by atoms with E-state index in [0.29, 0.717) is 31.4 Å². The molecule has 2 aromatic heterocycles. The monoisotopic (exact) mass is 468 g/mol. The Morgan fingerprint density at radius 1 is 1.21 bits per heavy atom. The number of carbonyl (C=O) groups excluding carboxylic acids is 1.